The quantitative estimate of drug-likeness (QED) is 0.715. The van der Waals surface area contributed by atoms with Crippen molar-refractivity contribution < 1.29 is 22.7 Å². The van der Waals surface area contributed by atoms with Crippen LogP contribution in [0.1, 0.15) is 11.1 Å². The number of amides is 1. The van der Waals surface area contributed by atoms with Crippen molar-refractivity contribution in [3.05, 3.63) is 77.2 Å². The van der Waals surface area contributed by atoms with Gasteiger partial charge >= 0.3 is 0 Å². The van der Waals surface area contributed by atoms with Crippen molar-refractivity contribution in [1.29, 1.82) is 0 Å². The van der Waals surface area contributed by atoms with Gasteiger partial charge in [0.05, 0.1) is 12.7 Å². The van der Waals surface area contributed by atoms with Gasteiger partial charge < -0.3 is 10.1 Å². The number of aryl methyl sites for hydroxylation is 1. The molecule has 0 saturated carbocycles. The van der Waals surface area contributed by atoms with E-state index in [-0.39, 0.29) is 24.5 Å². The van der Waals surface area contributed by atoms with Crippen LogP contribution in [0.15, 0.2) is 48.7 Å². The number of hydrogen-bond donors (Lipinski definition) is 1. The number of hydrogen-bond acceptors (Lipinski definition) is 3. The van der Waals surface area contributed by atoms with Crippen LogP contribution in [0.5, 0.6) is 5.75 Å². The molecular weight excluding hydrogens is 359 g/mol. The van der Waals surface area contributed by atoms with Crippen LogP contribution in [0, 0.1) is 24.4 Å². The Kier molecular flexibility index (Phi) is 5.44. The minimum absolute atomic E-state index is 0.0577. The molecule has 0 aliphatic carbocycles. The minimum Gasteiger partial charge on any atom is -0.484 e. The molecule has 0 radical (unpaired) electrons. The average Bonchev–Trinajstić information content (AvgIpc) is 2.96. The van der Waals surface area contributed by atoms with Crippen LogP contribution in [0.25, 0.3) is 0 Å². The number of nitrogens with one attached hydrogen (secondary N) is 1. The Morgan fingerprint density at radius 1 is 1.15 bits per heavy atom. The van der Waals surface area contributed by atoms with Gasteiger partial charge in [-0.05, 0) is 37.3 Å². The van der Waals surface area contributed by atoms with Crippen LogP contribution in [0.4, 0.5) is 19.0 Å². The Morgan fingerprint density at radius 3 is 2.70 bits per heavy atom. The molecule has 3 rings (SSSR count). The first-order valence-electron chi connectivity index (χ1n) is 8.07. The maximum absolute atomic E-state index is 13.9. The predicted octanol–water partition coefficient (Wildman–Crippen LogP) is 3.67. The Balaban J connectivity index is 1.69. The third-order valence-electron chi connectivity index (χ3n) is 3.77. The first-order valence-corrected chi connectivity index (χ1v) is 8.07. The average molecular weight is 375 g/mol. The zero-order valence-corrected chi connectivity index (χ0v) is 14.4. The van der Waals surface area contributed by atoms with Crippen molar-refractivity contribution in [2.45, 2.75) is 13.5 Å². The fourth-order valence-corrected chi connectivity index (χ4v) is 2.46. The number of carbonyl (C=O) groups excluding carboxylic acids is 1. The van der Waals surface area contributed by atoms with E-state index in [1.165, 1.54) is 29.1 Å². The molecule has 0 spiro atoms. The second kappa shape index (κ2) is 7.94. The van der Waals surface area contributed by atoms with E-state index in [1.807, 2.05) is 0 Å². The molecule has 5 nitrogen and oxygen atoms in total. The highest BCUT2D eigenvalue weighted by atomic mass is 19.1. The van der Waals surface area contributed by atoms with Gasteiger partial charge in [0.15, 0.2) is 6.61 Å². The molecule has 2 aromatic carbocycles. The summed E-state index contributed by atoms with van der Waals surface area (Å²) >= 11 is 0. The summed E-state index contributed by atoms with van der Waals surface area (Å²) in [5.74, 6) is -1.55. The monoisotopic (exact) mass is 375 g/mol. The highest BCUT2D eigenvalue weighted by molar-refractivity contribution is 5.91. The van der Waals surface area contributed by atoms with Crippen molar-refractivity contribution in [2.75, 3.05) is 11.9 Å². The number of rotatable bonds is 6. The van der Waals surface area contributed by atoms with E-state index < -0.39 is 23.4 Å². The van der Waals surface area contributed by atoms with Crippen LogP contribution in [0.2, 0.25) is 0 Å². The van der Waals surface area contributed by atoms with Crippen molar-refractivity contribution in [1.82, 2.24) is 9.78 Å². The molecule has 1 N–H and O–H groups in total. The van der Waals surface area contributed by atoms with Crippen LogP contribution < -0.4 is 10.1 Å². The molecule has 1 heterocycles. The number of anilines is 1. The summed E-state index contributed by atoms with van der Waals surface area (Å²) in [5.41, 5.74) is 0.746. The fourth-order valence-electron chi connectivity index (χ4n) is 2.46. The molecule has 1 aromatic heterocycles. The summed E-state index contributed by atoms with van der Waals surface area (Å²) in [4.78, 5) is 12.1. The van der Waals surface area contributed by atoms with E-state index in [0.29, 0.717) is 11.4 Å². The van der Waals surface area contributed by atoms with E-state index in [0.717, 1.165) is 24.3 Å². The van der Waals surface area contributed by atoms with Crippen LogP contribution >= 0.6 is 0 Å². The number of ether oxygens (including phenoxy) is 1. The van der Waals surface area contributed by atoms with Gasteiger partial charge in [0.1, 0.15) is 29.0 Å². The van der Waals surface area contributed by atoms with Crippen molar-refractivity contribution in [3.63, 3.8) is 0 Å². The molecule has 27 heavy (non-hydrogen) atoms. The lowest BCUT2D eigenvalue weighted by atomic mass is 10.2. The Bertz CT molecular complexity index is 973. The molecule has 0 atom stereocenters. The van der Waals surface area contributed by atoms with Gasteiger partial charge in [-0.2, -0.15) is 5.10 Å². The maximum Gasteiger partial charge on any atom is 0.263 e. The fraction of sp³-hybridized carbons (Fsp3) is 0.158. The molecular formula is C19H16F3N3O2. The predicted molar refractivity (Wildman–Crippen MR) is 92.9 cm³/mol. The van der Waals surface area contributed by atoms with E-state index in [2.05, 4.69) is 10.4 Å². The first-order chi connectivity index (χ1) is 12.9. The summed E-state index contributed by atoms with van der Waals surface area (Å²) in [6.45, 7) is 1.31. The van der Waals surface area contributed by atoms with Gasteiger partial charge in [0, 0.05) is 17.2 Å². The summed E-state index contributed by atoms with van der Waals surface area (Å²) < 4.78 is 46.9. The number of aromatic nitrogens is 2. The molecule has 8 heteroatoms. The van der Waals surface area contributed by atoms with Crippen LogP contribution in [-0.2, 0) is 11.3 Å². The summed E-state index contributed by atoms with van der Waals surface area (Å²) in [6, 6.07) is 8.56. The van der Waals surface area contributed by atoms with Gasteiger partial charge in [0.25, 0.3) is 5.91 Å². The number of benzene rings is 2. The van der Waals surface area contributed by atoms with E-state index in [4.69, 9.17) is 4.74 Å². The topological polar surface area (TPSA) is 56.2 Å². The highest BCUT2D eigenvalue weighted by Gasteiger charge is 2.14. The van der Waals surface area contributed by atoms with E-state index >= 15 is 0 Å². The second-order valence-corrected chi connectivity index (χ2v) is 5.86. The Hall–Kier alpha value is -3.29. The standard InChI is InChI=1S/C19H16F3N3O2/c1-12-9-23-25(10-13-7-15(21)5-6-17(13)22)19(12)24-18(26)11-27-16-4-2-3-14(20)8-16/h2-9H,10-11H2,1H3,(H,24,26). The zero-order chi connectivity index (χ0) is 19.4. The highest BCUT2D eigenvalue weighted by Crippen LogP contribution is 2.18. The smallest absolute Gasteiger partial charge is 0.263 e. The molecule has 0 fully saturated rings. The van der Waals surface area contributed by atoms with Crippen LogP contribution in [0.3, 0.4) is 0 Å². The van der Waals surface area contributed by atoms with Gasteiger partial charge in [-0.3, -0.25) is 4.79 Å². The zero-order valence-electron chi connectivity index (χ0n) is 14.4. The van der Waals surface area contributed by atoms with E-state index in [1.54, 1.807) is 6.92 Å². The maximum atomic E-state index is 13.9. The minimum atomic E-state index is -0.573. The SMILES string of the molecule is Cc1cnn(Cc2cc(F)ccc2F)c1NC(=O)COc1cccc(F)c1. The van der Waals surface area contributed by atoms with Crippen molar-refractivity contribution in [3.8, 4) is 5.75 Å². The summed E-state index contributed by atoms with van der Waals surface area (Å²) in [5, 5.41) is 6.71. The van der Waals surface area contributed by atoms with Crippen molar-refractivity contribution >= 4 is 11.7 Å². The number of nitrogens with zero attached hydrogens (tertiary/aromatic N) is 2. The molecule has 140 valence electrons. The lowest BCUT2D eigenvalue weighted by molar-refractivity contribution is -0.118. The largest absolute Gasteiger partial charge is 0.484 e. The second-order valence-electron chi connectivity index (χ2n) is 5.86. The van der Waals surface area contributed by atoms with Gasteiger partial charge in [-0.1, -0.05) is 6.07 Å². The Morgan fingerprint density at radius 2 is 1.93 bits per heavy atom. The Labute approximate surface area is 153 Å². The lowest BCUT2D eigenvalue weighted by Gasteiger charge is -2.12. The van der Waals surface area contributed by atoms with Crippen molar-refractivity contribution in [2.24, 2.45) is 0 Å². The molecule has 0 unspecified atom stereocenters. The molecule has 1 amide bonds. The van der Waals surface area contributed by atoms with Crippen LogP contribution in [-0.4, -0.2) is 22.3 Å². The molecule has 3 aromatic rings. The van der Waals surface area contributed by atoms with E-state index in [9.17, 15) is 18.0 Å². The number of carbonyl (C=O) groups is 1. The van der Waals surface area contributed by atoms with Gasteiger partial charge in [-0.15, -0.1) is 0 Å². The summed E-state index contributed by atoms with van der Waals surface area (Å²) in [6.07, 6.45) is 1.50. The molecule has 0 aliphatic rings. The van der Waals surface area contributed by atoms with Gasteiger partial charge in [-0.25, -0.2) is 17.9 Å². The van der Waals surface area contributed by atoms with Gasteiger partial charge in [0.2, 0.25) is 0 Å². The molecule has 0 bridgehead atoms. The normalized spacial score (nSPS) is 10.7. The molecule has 0 saturated heterocycles. The lowest BCUT2D eigenvalue weighted by Crippen LogP contribution is -2.23. The third kappa shape index (κ3) is 4.66. The first kappa shape index (κ1) is 18.5. The number of halogens is 3. The third-order valence-corrected chi connectivity index (χ3v) is 3.77. The molecule has 0 aliphatic heterocycles. The summed E-state index contributed by atoms with van der Waals surface area (Å²) in [7, 11) is 0.